The summed E-state index contributed by atoms with van der Waals surface area (Å²) < 4.78 is 12.0. The van der Waals surface area contributed by atoms with Crippen LogP contribution in [0.25, 0.3) is 0 Å². The predicted molar refractivity (Wildman–Crippen MR) is 136 cm³/mol. The molecule has 1 aromatic carbocycles. The summed E-state index contributed by atoms with van der Waals surface area (Å²) in [6.45, 7) is 1.36. The van der Waals surface area contributed by atoms with Crippen LogP contribution in [0.4, 0.5) is 0 Å². The molecule has 34 heavy (non-hydrogen) atoms. The Morgan fingerprint density at radius 2 is 1.79 bits per heavy atom. The summed E-state index contributed by atoms with van der Waals surface area (Å²) in [5.41, 5.74) is -1.75. The fraction of sp³-hybridized carbons (Fsp3) is 0.423. The van der Waals surface area contributed by atoms with E-state index in [1.54, 1.807) is 12.1 Å². The summed E-state index contributed by atoms with van der Waals surface area (Å²) in [6.07, 6.45) is 2.93. The quantitative estimate of drug-likeness (QED) is 0.384. The Morgan fingerprint density at radius 3 is 2.41 bits per heavy atom. The van der Waals surface area contributed by atoms with Gasteiger partial charge in [-0.25, -0.2) is 4.79 Å². The molecule has 3 aromatic rings. The molecule has 0 amide bonds. The third kappa shape index (κ3) is 4.52. The zero-order chi connectivity index (χ0) is 23.7. The fourth-order valence-corrected chi connectivity index (χ4v) is 7.27. The summed E-state index contributed by atoms with van der Waals surface area (Å²) in [7, 11) is 2.11. The van der Waals surface area contributed by atoms with Gasteiger partial charge in [-0.1, -0.05) is 23.7 Å². The lowest BCUT2D eigenvalue weighted by atomic mass is 9.94. The van der Waals surface area contributed by atoms with E-state index in [4.69, 9.17) is 21.1 Å². The number of likely N-dealkylation sites (N-methyl/N-ethyl adjacent to an activating group) is 1. The normalized spacial score (nSPS) is 24.0. The molecule has 2 saturated carbocycles. The Morgan fingerprint density at radius 1 is 1.12 bits per heavy atom. The molecule has 2 aromatic heterocycles. The SMILES string of the molecule is CN(CCOc1ccc(Cl)cc1)C1CC2CCC1C2OC(=O)C(O)(c1cccs1)c1cccs1. The number of fused-ring (bicyclic) bond motifs is 2. The van der Waals surface area contributed by atoms with Crippen molar-refractivity contribution in [1.82, 2.24) is 4.90 Å². The molecule has 1 N–H and O–H groups in total. The third-order valence-corrected chi connectivity index (χ3v) is 9.39. The van der Waals surface area contributed by atoms with Gasteiger partial charge in [0.05, 0.1) is 9.75 Å². The number of hydrogen-bond acceptors (Lipinski definition) is 7. The lowest BCUT2D eigenvalue weighted by Gasteiger charge is -2.32. The number of carbonyl (C=O) groups is 1. The van der Waals surface area contributed by atoms with Crippen LogP contribution in [-0.4, -0.2) is 48.3 Å². The van der Waals surface area contributed by atoms with Crippen LogP contribution < -0.4 is 4.74 Å². The Balaban J connectivity index is 1.23. The molecular formula is C26H28ClNO4S2. The molecule has 0 spiro atoms. The highest BCUT2D eigenvalue weighted by molar-refractivity contribution is 7.12. The molecule has 0 saturated heterocycles. The van der Waals surface area contributed by atoms with Gasteiger partial charge in [-0.3, -0.25) is 4.90 Å². The van der Waals surface area contributed by atoms with Gasteiger partial charge in [0.1, 0.15) is 18.5 Å². The summed E-state index contributed by atoms with van der Waals surface area (Å²) in [6, 6.07) is 15.0. The maximum absolute atomic E-state index is 13.5. The number of hydrogen-bond donors (Lipinski definition) is 1. The highest BCUT2D eigenvalue weighted by Crippen LogP contribution is 2.49. The summed E-state index contributed by atoms with van der Waals surface area (Å²) in [4.78, 5) is 17.0. The number of esters is 1. The molecule has 2 aliphatic rings. The number of rotatable bonds is 9. The molecule has 180 valence electrons. The lowest BCUT2D eigenvalue weighted by Crippen LogP contribution is -2.42. The van der Waals surface area contributed by atoms with E-state index in [0.717, 1.165) is 31.6 Å². The minimum absolute atomic E-state index is 0.163. The average Bonchev–Trinajstić information content (AvgIpc) is 3.65. The largest absolute Gasteiger partial charge is 0.492 e. The first-order chi connectivity index (χ1) is 16.5. The van der Waals surface area contributed by atoms with Crippen molar-refractivity contribution >= 4 is 40.2 Å². The minimum atomic E-state index is -1.75. The predicted octanol–water partition coefficient (Wildman–Crippen LogP) is 5.42. The van der Waals surface area contributed by atoms with Crippen molar-refractivity contribution in [1.29, 1.82) is 0 Å². The van der Waals surface area contributed by atoms with E-state index in [1.165, 1.54) is 22.7 Å². The van der Waals surface area contributed by atoms with Gasteiger partial charge < -0.3 is 14.6 Å². The van der Waals surface area contributed by atoms with Gasteiger partial charge in [0, 0.05) is 23.5 Å². The highest BCUT2D eigenvalue weighted by atomic mass is 35.5. The number of carbonyl (C=O) groups excluding carboxylic acids is 1. The maximum Gasteiger partial charge on any atom is 0.349 e. The minimum Gasteiger partial charge on any atom is -0.492 e. The maximum atomic E-state index is 13.5. The number of nitrogens with zero attached hydrogens (tertiary/aromatic N) is 1. The Hall–Kier alpha value is -1.90. The van der Waals surface area contributed by atoms with Crippen LogP contribution >= 0.6 is 34.3 Å². The summed E-state index contributed by atoms with van der Waals surface area (Å²) in [5, 5.41) is 16.0. The van der Waals surface area contributed by atoms with Crippen LogP contribution in [-0.2, 0) is 15.1 Å². The van der Waals surface area contributed by atoms with Crippen molar-refractivity contribution in [3.63, 3.8) is 0 Å². The molecule has 4 unspecified atom stereocenters. The van der Waals surface area contributed by atoms with Crippen LogP contribution in [0.2, 0.25) is 5.02 Å². The third-order valence-electron chi connectivity index (χ3n) is 7.18. The van der Waals surface area contributed by atoms with Gasteiger partial charge in [-0.05, 0) is 79.4 Å². The lowest BCUT2D eigenvalue weighted by molar-refractivity contribution is -0.170. The van der Waals surface area contributed by atoms with Crippen molar-refractivity contribution < 1.29 is 19.4 Å². The van der Waals surface area contributed by atoms with Crippen molar-refractivity contribution in [2.24, 2.45) is 11.8 Å². The number of thiophene rings is 2. The Kier molecular flexibility index (Phi) is 7.00. The number of ether oxygens (including phenoxy) is 2. The van der Waals surface area contributed by atoms with Crippen LogP contribution in [0.5, 0.6) is 5.75 Å². The molecule has 5 nitrogen and oxygen atoms in total. The van der Waals surface area contributed by atoms with Gasteiger partial charge >= 0.3 is 5.97 Å². The zero-order valence-corrected chi connectivity index (χ0v) is 21.3. The molecule has 4 atom stereocenters. The van der Waals surface area contributed by atoms with E-state index in [9.17, 15) is 9.90 Å². The molecule has 2 bridgehead atoms. The van der Waals surface area contributed by atoms with E-state index in [1.807, 2.05) is 47.2 Å². The second kappa shape index (κ2) is 9.99. The summed E-state index contributed by atoms with van der Waals surface area (Å²) in [5.74, 6) is 0.840. The van der Waals surface area contributed by atoms with Crippen LogP contribution in [0.15, 0.2) is 59.3 Å². The van der Waals surface area contributed by atoms with Gasteiger partial charge in [0.2, 0.25) is 5.60 Å². The molecule has 2 heterocycles. The molecule has 5 rings (SSSR count). The number of benzene rings is 1. The first kappa shape index (κ1) is 23.8. The van der Waals surface area contributed by atoms with E-state index in [2.05, 4.69) is 11.9 Å². The van der Waals surface area contributed by atoms with Gasteiger partial charge in [0.15, 0.2) is 0 Å². The van der Waals surface area contributed by atoms with Crippen LogP contribution in [0.3, 0.4) is 0 Å². The second-order valence-electron chi connectivity index (χ2n) is 9.12. The van der Waals surface area contributed by atoms with E-state index < -0.39 is 11.6 Å². The van der Waals surface area contributed by atoms with Crippen molar-refractivity contribution in [3.05, 3.63) is 74.1 Å². The number of aliphatic hydroxyl groups is 1. The van der Waals surface area contributed by atoms with E-state index in [0.29, 0.717) is 33.3 Å². The Bertz CT molecular complexity index is 1050. The van der Waals surface area contributed by atoms with E-state index in [-0.39, 0.29) is 12.0 Å². The molecule has 8 heteroatoms. The summed E-state index contributed by atoms with van der Waals surface area (Å²) >= 11 is 8.68. The molecule has 0 radical (unpaired) electrons. The first-order valence-corrected chi connectivity index (χ1v) is 13.7. The van der Waals surface area contributed by atoms with Gasteiger partial charge in [-0.15, -0.1) is 22.7 Å². The fourth-order valence-electron chi connectivity index (χ4n) is 5.43. The van der Waals surface area contributed by atoms with Crippen molar-refractivity contribution in [2.75, 3.05) is 20.2 Å². The molecule has 2 aliphatic carbocycles. The monoisotopic (exact) mass is 517 g/mol. The van der Waals surface area contributed by atoms with Crippen LogP contribution in [0.1, 0.15) is 29.0 Å². The molecular weight excluding hydrogens is 490 g/mol. The molecule has 0 aliphatic heterocycles. The first-order valence-electron chi connectivity index (χ1n) is 11.6. The van der Waals surface area contributed by atoms with Gasteiger partial charge in [0.25, 0.3) is 0 Å². The van der Waals surface area contributed by atoms with Crippen molar-refractivity contribution in [3.8, 4) is 5.75 Å². The highest BCUT2D eigenvalue weighted by Gasteiger charge is 2.54. The van der Waals surface area contributed by atoms with E-state index >= 15 is 0 Å². The number of halogens is 1. The molecule has 2 fully saturated rings. The standard InChI is InChI=1S/C26H28ClNO4S2/c1-28(12-13-31-19-9-7-18(27)8-10-19)21-16-17-6-11-20(21)24(17)32-25(29)26(30,22-4-2-14-33-22)23-5-3-15-34-23/h2-5,7-10,14-15,17,20-21,24,30H,6,11-13,16H2,1H3. The topological polar surface area (TPSA) is 59.0 Å². The van der Waals surface area contributed by atoms with Crippen molar-refractivity contribution in [2.45, 2.75) is 37.0 Å². The van der Waals surface area contributed by atoms with Crippen LogP contribution in [0, 0.1) is 11.8 Å². The average molecular weight is 518 g/mol. The smallest absolute Gasteiger partial charge is 0.349 e. The zero-order valence-electron chi connectivity index (χ0n) is 18.9. The second-order valence-corrected chi connectivity index (χ2v) is 11.5. The van der Waals surface area contributed by atoms with Gasteiger partial charge in [-0.2, -0.15) is 0 Å². The Labute approximate surface area is 212 Å².